The third-order valence-electron chi connectivity index (χ3n) is 5.90. The molecule has 2 aliphatic rings. The number of piperidine rings is 1. The molecule has 1 N–H and O–H groups in total. The molecule has 2 aromatic rings. The van der Waals surface area contributed by atoms with Crippen LogP contribution in [0.1, 0.15) is 54.4 Å². The molecule has 1 amide bonds. The van der Waals surface area contributed by atoms with Crippen LogP contribution >= 0.6 is 0 Å². The molecule has 0 atom stereocenters. The summed E-state index contributed by atoms with van der Waals surface area (Å²) in [5, 5.41) is 14.3. The zero-order valence-electron chi connectivity index (χ0n) is 16.1. The number of fused-ring (bicyclic) bond motifs is 1. The van der Waals surface area contributed by atoms with Crippen molar-refractivity contribution in [2.45, 2.75) is 51.7 Å². The van der Waals surface area contributed by atoms with E-state index >= 15 is 0 Å². The Kier molecular flexibility index (Phi) is 4.91. The molecule has 6 heteroatoms. The van der Waals surface area contributed by atoms with Crippen LogP contribution in [0.25, 0.3) is 0 Å². The third-order valence-corrected chi connectivity index (χ3v) is 5.90. The average Bonchev–Trinajstić information content (AvgIpc) is 3.11. The minimum absolute atomic E-state index is 0.0438. The van der Waals surface area contributed by atoms with Gasteiger partial charge in [0.05, 0.1) is 12.2 Å². The predicted octanol–water partition coefficient (Wildman–Crippen LogP) is 2.83. The number of hydrogen-bond donors (Lipinski definition) is 1. The van der Waals surface area contributed by atoms with Crippen molar-refractivity contribution in [1.29, 1.82) is 0 Å². The number of rotatable bonds is 3. The number of hydrogen-bond acceptors (Lipinski definition) is 4. The lowest BCUT2D eigenvalue weighted by molar-refractivity contribution is 0.0705. The Hall–Kier alpha value is -2.34. The zero-order chi connectivity index (χ0) is 19.0. The molecule has 27 heavy (non-hydrogen) atoms. The maximum atomic E-state index is 12.9. The van der Waals surface area contributed by atoms with Gasteiger partial charge in [0, 0.05) is 32.2 Å². The van der Waals surface area contributed by atoms with Crippen LogP contribution in [0, 0.1) is 0 Å². The summed E-state index contributed by atoms with van der Waals surface area (Å²) in [6.07, 6.45) is 1.84. The van der Waals surface area contributed by atoms with E-state index in [4.69, 9.17) is 0 Å². The van der Waals surface area contributed by atoms with E-state index in [0.717, 1.165) is 56.8 Å². The molecule has 6 nitrogen and oxygen atoms in total. The second kappa shape index (κ2) is 7.35. The first kappa shape index (κ1) is 18.0. The summed E-state index contributed by atoms with van der Waals surface area (Å²) in [5.74, 6) is 0.753. The van der Waals surface area contributed by atoms with E-state index in [1.54, 1.807) is 6.07 Å². The van der Waals surface area contributed by atoms with Crippen molar-refractivity contribution in [2.24, 2.45) is 0 Å². The number of benzene rings is 1. The van der Waals surface area contributed by atoms with Crippen LogP contribution in [0.3, 0.4) is 0 Å². The van der Waals surface area contributed by atoms with Gasteiger partial charge in [0.25, 0.3) is 5.91 Å². The summed E-state index contributed by atoms with van der Waals surface area (Å²) < 4.78 is 1.99. The van der Waals surface area contributed by atoms with Gasteiger partial charge < -0.3 is 10.0 Å². The number of nitrogens with zero attached hydrogens (tertiary/aromatic N) is 4. The van der Waals surface area contributed by atoms with Gasteiger partial charge in [-0.3, -0.25) is 14.4 Å². The SMILES string of the molecule is CC(C)N1CCn2nc(C(=O)N3CCC(c4cccc(O)c4)CC3)cc2C1. The largest absolute Gasteiger partial charge is 0.508 e. The maximum absolute atomic E-state index is 12.9. The van der Waals surface area contributed by atoms with Crippen molar-refractivity contribution in [3.63, 3.8) is 0 Å². The van der Waals surface area contributed by atoms with Crippen LogP contribution in [0.2, 0.25) is 0 Å². The van der Waals surface area contributed by atoms with E-state index in [2.05, 4.69) is 29.9 Å². The molecule has 3 heterocycles. The van der Waals surface area contributed by atoms with E-state index < -0.39 is 0 Å². The Morgan fingerprint density at radius 3 is 2.63 bits per heavy atom. The van der Waals surface area contributed by atoms with Gasteiger partial charge in [-0.1, -0.05) is 12.1 Å². The lowest BCUT2D eigenvalue weighted by atomic mass is 9.89. The minimum Gasteiger partial charge on any atom is -0.508 e. The summed E-state index contributed by atoms with van der Waals surface area (Å²) in [7, 11) is 0. The number of likely N-dealkylation sites (tertiary alicyclic amines) is 1. The van der Waals surface area contributed by atoms with Gasteiger partial charge in [0.15, 0.2) is 5.69 Å². The van der Waals surface area contributed by atoms with Gasteiger partial charge in [-0.2, -0.15) is 5.10 Å². The van der Waals surface area contributed by atoms with E-state index in [1.807, 2.05) is 27.8 Å². The number of aromatic nitrogens is 2. The highest BCUT2D eigenvalue weighted by molar-refractivity contribution is 5.92. The van der Waals surface area contributed by atoms with Crippen molar-refractivity contribution in [3.05, 3.63) is 47.3 Å². The fraction of sp³-hybridized carbons (Fsp3) is 0.524. The van der Waals surface area contributed by atoms with Crippen LogP contribution in [0.15, 0.2) is 30.3 Å². The van der Waals surface area contributed by atoms with Crippen molar-refractivity contribution in [3.8, 4) is 5.75 Å². The van der Waals surface area contributed by atoms with Crippen molar-refractivity contribution in [1.82, 2.24) is 19.6 Å². The highest BCUT2D eigenvalue weighted by atomic mass is 16.3. The minimum atomic E-state index is 0.0438. The lowest BCUT2D eigenvalue weighted by Crippen LogP contribution is -2.38. The van der Waals surface area contributed by atoms with Gasteiger partial charge in [-0.25, -0.2) is 0 Å². The van der Waals surface area contributed by atoms with Crippen LogP contribution in [0.4, 0.5) is 0 Å². The molecule has 0 aliphatic carbocycles. The van der Waals surface area contributed by atoms with Crippen molar-refractivity contribution in [2.75, 3.05) is 19.6 Å². The third kappa shape index (κ3) is 3.72. The van der Waals surface area contributed by atoms with Gasteiger partial charge in [0.2, 0.25) is 0 Å². The molecule has 1 saturated heterocycles. The lowest BCUT2D eigenvalue weighted by Gasteiger charge is -2.31. The Morgan fingerprint density at radius 2 is 1.93 bits per heavy atom. The highest BCUT2D eigenvalue weighted by Gasteiger charge is 2.28. The predicted molar refractivity (Wildman–Crippen MR) is 104 cm³/mol. The first-order chi connectivity index (χ1) is 13.0. The summed E-state index contributed by atoms with van der Waals surface area (Å²) in [5.41, 5.74) is 2.87. The van der Waals surface area contributed by atoms with E-state index in [0.29, 0.717) is 23.4 Å². The summed E-state index contributed by atoms with van der Waals surface area (Å²) in [4.78, 5) is 17.3. The molecule has 1 fully saturated rings. The average molecular weight is 368 g/mol. The van der Waals surface area contributed by atoms with E-state index in [-0.39, 0.29) is 5.91 Å². The van der Waals surface area contributed by atoms with Crippen LogP contribution in [-0.2, 0) is 13.1 Å². The summed E-state index contributed by atoms with van der Waals surface area (Å²) in [6.45, 7) is 8.57. The Bertz CT molecular complexity index is 821. The molecule has 0 unspecified atom stereocenters. The van der Waals surface area contributed by atoms with Crippen molar-refractivity contribution >= 4 is 5.91 Å². The second-order valence-electron chi connectivity index (χ2n) is 7.97. The fourth-order valence-electron chi connectivity index (χ4n) is 4.19. The molecular formula is C21H28N4O2. The number of phenols is 1. The maximum Gasteiger partial charge on any atom is 0.274 e. The number of amides is 1. The zero-order valence-corrected chi connectivity index (χ0v) is 16.1. The quantitative estimate of drug-likeness (QED) is 0.905. The van der Waals surface area contributed by atoms with Gasteiger partial charge in [-0.05, 0) is 56.4 Å². The Labute approximate surface area is 160 Å². The van der Waals surface area contributed by atoms with Crippen LogP contribution < -0.4 is 0 Å². The standard InChI is InChI=1S/C21H28N4O2/c1-15(2)24-10-11-25-18(14-24)13-20(22-25)21(27)23-8-6-16(7-9-23)17-4-3-5-19(26)12-17/h3-5,12-13,15-16,26H,6-11,14H2,1-2H3. The van der Waals surface area contributed by atoms with E-state index in [1.165, 1.54) is 0 Å². The number of carbonyl (C=O) groups excluding carboxylic acids is 1. The number of phenolic OH excluding ortho intramolecular Hbond substituents is 1. The molecule has 0 radical (unpaired) electrons. The molecule has 144 valence electrons. The van der Waals surface area contributed by atoms with Gasteiger partial charge >= 0.3 is 0 Å². The Morgan fingerprint density at radius 1 is 1.15 bits per heavy atom. The second-order valence-corrected chi connectivity index (χ2v) is 7.97. The number of carbonyl (C=O) groups is 1. The molecule has 2 aliphatic heterocycles. The highest BCUT2D eigenvalue weighted by Crippen LogP contribution is 2.30. The molecular weight excluding hydrogens is 340 g/mol. The van der Waals surface area contributed by atoms with Crippen molar-refractivity contribution < 1.29 is 9.90 Å². The molecule has 0 saturated carbocycles. The molecule has 4 rings (SSSR count). The van der Waals surface area contributed by atoms with E-state index in [9.17, 15) is 9.90 Å². The molecule has 1 aromatic carbocycles. The monoisotopic (exact) mass is 368 g/mol. The van der Waals surface area contributed by atoms with Gasteiger partial charge in [0.1, 0.15) is 5.75 Å². The normalized spacial score (nSPS) is 18.7. The topological polar surface area (TPSA) is 61.6 Å². The van der Waals surface area contributed by atoms with Crippen LogP contribution in [-0.4, -0.2) is 56.3 Å². The Balaban J connectivity index is 1.40. The first-order valence-corrected chi connectivity index (χ1v) is 9.90. The molecule has 0 spiro atoms. The molecule has 0 bridgehead atoms. The van der Waals surface area contributed by atoms with Gasteiger partial charge in [-0.15, -0.1) is 0 Å². The summed E-state index contributed by atoms with van der Waals surface area (Å²) >= 11 is 0. The first-order valence-electron chi connectivity index (χ1n) is 9.90. The molecule has 1 aromatic heterocycles. The smallest absolute Gasteiger partial charge is 0.274 e. The fourth-order valence-corrected chi connectivity index (χ4v) is 4.19. The number of aromatic hydroxyl groups is 1. The van der Waals surface area contributed by atoms with Crippen LogP contribution in [0.5, 0.6) is 5.75 Å². The summed E-state index contributed by atoms with van der Waals surface area (Å²) in [6, 6.07) is 9.96.